The van der Waals surface area contributed by atoms with Gasteiger partial charge in [0.1, 0.15) is 0 Å². The summed E-state index contributed by atoms with van der Waals surface area (Å²) in [6.07, 6.45) is 2.87. The van der Waals surface area contributed by atoms with Crippen molar-refractivity contribution in [2.75, 3.05) is 26.2 Å². The lowest BCUT2D eigenvalue weighted by molar-refractivity contribution is -0.220. The average molecular weight is 598 g/mol. The number of fused-ring (bicyclic) bond motifs is 2. The third-order valence-electron chi connectivity index (χ3n) is 7.66. The van der Waals surface area contributed by atoms with Gasteiger partial charge in [-0.1, -0.05) is 41.9 Å². The van der Waals surface area contributed by atoms with Crippen LogP contribution in [-0.4, -0.2) is 66.8 Å². The van der Waals surface area contributed by atoms with Crippen molar-refractivity contribution in [3.05, 3.63) is 76.3 Å². The van der Waals surface area contributed by atoms with Crippen LogP contribution < -0.4 is 0 Å². The van der Waals surface area contributed by atoms with E-state index < -0.39 is 15.6 Å². The van der Waals surface area contributed by atoms with Gasteiger partial charge in [0.2, 0.25) is 22.3 Å². The van der Waals surface area contributed by atoms with Crippen molar-refractivity contribution in [3.63, 3.8) is 0 Å². The summed E-state index contributed by atoms with van der Waals surface area (Å²) < 4.78 is 28.2. The first-order valence-corrected chi connectivity index (χ1v) is 15.7. The number of carbonyl (C=O) groups is 2. The van der Waals surface area contributed by atoms with Gasteiger partial charge in [-0.15, -0.1) is 0 Å². The molecule has 5 rings (SSSR count). The highest BCUT2D eigenvalue weighted by Crippen LogP contribution is 2.30. The molecule has 1 saturated heterocycles. The molecule has 41 heavy (non-hydrogen) atoms. The Kier molecular flexibility index (Phi) is 8.43. The number of hydroxylamine groups is 2. The Morgan fingerprint density at radius 2 is 1.71 bits per heavy atom. The van der Waals surface area contributed by atoms with Gasteiger partial charge in [0.05, 0.1) is 17.0 Å². The molecule has 0 radical (unpaired) electrons. The predicted octanol–water partition coefficient (Wildman–Crippen LogP) is 4.82. The van der Waals surface area contributed by atoms with Crippen LogP contribution in [0.15, 0.2) is 59.5 Å². The van der Waals surface area contributed by atoms with E-state index in [4.69, 9.17) is 16.4 Å². The molecule has 2 aliphatic rings. The summed E-state index contributed by atoms with van der Waals surface area (Å²) in [6, 6.07) is 16.6. The number of hydrogen-bond donors (Lipinski definition) is 0. The number of carbonyl (C=O) groups excluding carboxylic acids is 2. The van der Waals surface area contributed by atoms with Gasteiger partial charge in [-0.25, -0.2) is 13.5 Å². The maximum atomic E-state index is 13.4. The van der Waals surface area contributed by atoms with Crippen LogP contribution in [0.5, 0.6) is 0 Å². The lowest BCUT2D eigenvalue weighted by Crippen LogP contribution is -2.52. The van der Waals surface area contributed by atoms with Crippen LogP contribution in [0.3, 0.4) is 0 Å². The third kappa shape index (κ3) is 6.75. The highest BCUT2D eigenvalue weighted by Gasteiger charge is 2.34. The Hall–Kier alpha value is -2.98. The van der Waals surface area contributed by atoms with E-state index in [2.05, 4.69) is 6.07 Å². The SMILES string of the molecule is CC(C)(C)ON(C=O)Cc1ccc2c(c1)CC[C@H](C(=O)N1CCN(S(=O)(=O)c3ccc4cc(Cl)ccc4c3)CC1)C2. The van der Waals surface area contributed by atoms with Gasteiger partial charge >= 0.3 is 0 Å². The van der Waals surface area contributed by atoms with Crippen molar-refractivity contribution in [1.82, 2.24) is 14.3 Å². The van der Waals surface area contributed by atoms with Crippen LogP contribution in [0.4, 0.5) is 0 Å². The summed E-state index contributed by atoms with van der Waals surface area (Å²) in [5.74, 6) is -0.0374. The lowest BCUT2D eigenvalue weighted by atomic mass is 9.82. The molecule has 0 aromatic heterocycles. The van der Waals surface area contributed by atoms with E-state index in [1.165, 1.54) is 14.9 Å². The zero-order valence-corrected chi connectivity index (χ0v) is 25.2. The maximum Gasteiger partial charge on any atom is 0.243 e. The molecule has 3 aromatic carbocycles. The number of benzene rings is 3. The molecule has 0 spiro atoms. The van der Waals surface area contributed by atoms with E-state index in [0.717, 1.165) is 34.7 Å². The number of rotatable bonds is 7. The van der Waals surface area contributed by atoms with E-state index >= 15 is 0 Å². The molecule has 1 fully saturated rings. The average Bonchev–Trinajstić information content (AvgIpc) is 2.95. The number of aryl methyl sites for hydroxylation is 1. The molecular weight excluding hydrogens is 562 g/mol. The molecule has 1 heterocycles. The van der Waals surface area contributed by atoms with Gasteiger partial charge in [0.25, 0.3) is 0 Å². The van der Waals surface area contributed by atoms with Crippen molar-refractivity contribution in [3.8, 4) is 0 Å². The number of halogens is 1. The maximum absolute atomic E-state index is 13.4. The summed E-state index contributed by atoms with van der Waals surface area (Å²) in [5.41, 5.74) is 2.86. The van der Waals surface area contributed by atoms with Gasteiger partial charge in [0, 0.05) is 37.1 Å². The minimum absolute atomic E-state index is 0.0880. The first-order chi connectivity index (χ1) is 19.4. The van der Waals surface area contributed by atoms with Crippen LogP contribution in [0.2, 0.25) is 5.02 Å². The largest absolute Gasteiger partial charge is 0.340 e. The second kappa shape index (κ2) is 11.7. The number of hydrogen-bond acceptors (Lipinski definition) is 5. The van der Waals surface area contributed by atoms with E-state index in [0.29, 0.717) is 37.5 Å². The zero-order chi connectivity index (χ0) is 29.4. The molecular formula is C31H36ClN3O5S. The highest BCUT2D eigenvalue weighted by molar-refractivity contribution is 7.89. The highest BCUT2D eigenvalue weighted by atomic mass is 35.5. The first kappa shape index (κ1) is 29.5. The van der Waals surface area contributed by atoms with Gasteiger partial charge < -0.3 is 4.90 Å². The molecule has 0 saturated carbocycles. The second-order valence-corrected chi connectivity index (χ2v) is 14.2. The fourth-order valence-electron chi connectivity index (χ4n) is 5.65. The molecule has 8 nitrogen and oxygen atoms in total. The predicted molar refractivity (Wildman–Crippen MR) is 159 cm³/mol. The van der Waals surface area contributed by atoms with E-state index in [1.807, 2.05) is 49.9 Å². The van der Waals surface area contributed by atoms with Crippen molar-refractivity contribution in [2.45, 2.75) is 57.1 Å². The van der Waals surface area contributed by atoms with Crippen LogP contribution in [-0.2, 0) is 43.8 Å². The first-order valence-electron chi connectivity index (χ1n) is 13.9. The summed E-state index contributed by atoms with van der Waals surface area (Å²) >= 11 is 6.06. The molecule has 218 valence electrons. The zero-order valence-electron chi connectivity index (χ0n) is 23.7. The Morgan fingerprint density at radius 3 is 2.41 bits per heavy atom. The van der Waals surface area contributed by atoms with Crippen LogP contribution >= 0.6 is 11.6 Å². The molecule has 1 atom stereocenters. The van der Waals surface area contributed by atoms with Crippen LogP contribution in [0, 0.1) is 5.92 Å². The summed E-state index contributed by atoms with van der Waals surface area (Å²) in [4.78, 5) is 32.7. The van der Waals surface area contributed by atoms with E-state index in [-0.39, 0.29) is 29.8 Å². The molecule has 1 aliphatic heterocycles. The number of piperazine rings is 1. The molecule has 3 aromatic rings. The second-order valence-electron chi connectivity index (χ2n) is 11.8. The summed E-state index contributed by atoms with van der Waals surface area (Å²) in [6.45, 7) is 7.33. The van der Waals surface area contributed by atoms with Gasteiger partial charge in [0.15, 0.2) is 0 Å². The molecule has 0 bridgehead atoms. The Balaban J connectivity index is 1.19. The van der Waals surface area contributed by atoms with E-state index in [9.17, 15) is 18.0 Å². The minimum atomic E-state index is -3.67. The Morgan fingerprint density at radius 1 is 1.00 bits per heavy atom. The Bertz CT molecular complexity index is 1560. The summed E-state index contributed by atoms with van der Waals surface area (Å²) in [5, 5.41) is 3.61. The number of sulfonamides is 1. The van der Waals surface area contributed by atoms with E-state index in [1.54, 1.807) is 24.3 Å². The standard InChI is InChI=1S/C31H36ClN3O5S/c1-31(2,3)40-34(21-36)20-22-4-5-24-17-27(7-6-23(24)16-22)30(37)33-12-14-35(15-13-33)41(38,39)29-11-9-25-18-28(32)10-8-26(25)19-29/h4-5,8-11,16,18-19,21,27H,6-7,12-15,17,20H2,1-3H3/t27-/m0/s1. The molecule has 0 N–H and O–H groups in total. The van der Waals surface area contributed by atoms with Gasteiger partial charge in [-0.2, -0.15) is 4.31 Å². The lowest BCUT2D eigenvalue weighted by Gasteiger charge is -2.37. The van der Waals surface area contributed by atoms with Crippen molar-refractivity contribution >= 4 is 44.7 Å². The van der Waals surface area contributed by atoms with Crippen LogP contribution in [0.25, 0.3) is 10.8 Å². The monoisotopic (exact) mass is 597 g/mol. The van der Waals surface area contributed by atoms with Gasteiger partial charge in [-0.05, 0) is 91.8 Å². The van der Waals surface area contributed by atoms with Crippen LogP contribution in [0.1, 0.15) is 43.9 Å². The molecule has 2 amide bonds. The molecule has 10 heteroatoms. The van der Waals surface area contributed by atoms with Crippen molar-refractivity contribution < 1.29 is 22.8 Å². The number of amides is 2. The third-order valence-corrected chi connectivity index (χ3v) is 9.79. The molecule has 0 unspecified atom stereocenters. The van der Waals surface area contributed by atoms with Crippen molar-refractivity contribution in [1.29, 1.82) is 0 Å². The quantitative estimate of drug-likeness (QED) is 0.288. The fourth-order valence-corrected chi connectivity index (χ4v) is 7.29. The summed E-state index contributed by atoms with van der Waals surface area (Å²) in [7, 11) is -3.67. The molecule has 1 aliphatic carbocycles. The minimum Gasteiger partial charge on any atom is -0.340 e. The normalized spacial score (nSPS) is 18.2. The topological polar surface area (TPSA) is 87.2 Å². The van der Waals surface area contributed by atoms with Gasteiger partial charge in [-0.3, -0.25) is 14.4 Å². The Labute approximate surface area is 246 Å². The number of nitrogens with zero attached hydrogens (tertiary/aromatic N) is 3. The van der Waals surface area contributed by atoms with Crippen molar-refractivity contribution in [2.24, 2.45) is 5.92 Å². The fraction of sp³-hybridized carbons (Fsp3) is 0.419. The smallest absolute Gasteiger partial charge is 0.243 e.